The molecule has 0 bridgehead atoms. The molecule has 0 N–H and O–H groups in total. The molecule has 0 atom stereocenters. The standard InChI is InChI=1S/C19H18BrFN2O/c20-14-8-15(12-4-1-2-5-12)16(17(21)9-14)11-23-10-13-6-3-7-22-18(13)19(23)24/h3,6-9,12H,1-2,4-5,10-11H2. The molecule has 2 aromatic rings. The summed E-state index contributed by atoms with van der Waals surface area (Å²) < 4.78 is 15.5. The van der Waals surface area contributed by atoms with Crippen LogP contribution in [0.25, 0.3) is 0 Å². The molecule has 1 aliphatic carbocycles. The topological polar surface area (TPSA) is 33.2 Å². The lowest BCUT2D eigenvalue weighted by Crippen LogP contribution is -2.25. The Bertz CT molecular complexity index is 802. The summed E-state index contributed by atoms with van der Waals surface area (Å²) in [7, 11) is 0. The highest BCUT2D eigenvalue weighted by molar-refractivity contribution is 9.10. The number of carbonyl (C=O) groups is 1. The van der Waals surface area contributed by atoms with E-state index >= 15 is 0 Å². The van der Waals surface area contributed by atoms with Crippen molar-refractivity contribution in [3.05, 3.63) is 63.1 Å². The summed E-state index contributed by atoms with van der Waals surface area (Å²) in [6.07, 6.45) is 6.20. The second kappa shape index (κ2) is 6.28. The second-order valence-electron chi connectivity index (χ2n) is 6.61. The quantitative estimate of drug-likeness (QED) is 0.756. The van der Waals surface area contributed by atoms with Crippen molar-refractivity contribution in [2.75, 3.05) is 0 Å². The molecule has 1 amide bonds. The maximum Gasteiger partial charge on any atom is 0.273 e. The van der Waals surface area contributed by atoms with Crippen LogP contribution in [0.4, 0.5) is 4.39 Å². The van der Waals surface area contributed by atoms with E-state index in [-0.39, 0.29) is 11.7 Å². The number of rotatable bonds is 3. The van der Waals surface area contributed by atoms with Crippen molar-refractivity contribution in [1.29, 1.82) is 0 Å². The first-order valence-electron chi connectivity index (χ1n) is 8.34. The minimum atomic E-state index is -0.233. The fourth-order valence-corrected chi connectivity index (χ4v) is 4.34. The normalized spacial score (nSPS) is 17.6. The van der Waals surface area contributed by atoms with Crippen LogP contribution in [0.1, 0.15) is 58.8 Å². The van der Waals surface area contributed by atoms with Crippen LogP contribution in [-0.4, -0.2) is 15.8 Å². The van der Waals surface area contributed by atoms with Gasteiger partial charge in [-0.15, -0.1) is 0 Å². The fourth-order valence-electron chi connectivity index (χ4n) is 3.90. The van der Waals surface area contributed by atoms with Gasteiger partial charge in [-0.05, 0) is 42.5 Å². The number of halogens is 2. The Morgan fingerprint density at radius 3 is 2.83 bits per heavy atom. The Kier molecular flexibility index (Phi) is 4.12. The van der Waals surface area contributed by atoms with E-state index in [2.05, 4.69) is 20.9 Å². The van der Waals surface area contributed by atoms with Gasteiger partial charge in [-0.2, -0.15) is 0 Å². The Hall–Kier alpha value is -1.75. The van der Waals surface area contributed by atoms with Crippen molar-refractivity contribution < 1.29 is 9.18 Å². The molecule has 124 valence electrons. The molecule has 0 radical (unpaired) electrons. The number of fused-ring (bicyclic) bond motifs is 1. The zero-order valence-electron chi connectivity index (χ0n) is 13.3. The minimum Gasteiger partial charge on any atom is -0.328 e. The SMILES string of the molecule is O=C1c2ncccc2CN1Cc1c(F)cc(Br)cc1C1CCCC1. The first-order valence-corrected chi connectivity index (χ1v) is 9.14. The molecular formula is C19H18BrFN2O. The van der Waals surface area contributed by atoms with Crippen LogP contribution in [0.5, 0.6) is 0 Å². The zero-order valence-corrected chi connectivity index (χ0v) is 14.9. The van der Waals surface area contributed by atoms with Gasteiger partial charge in [-0.25, -0.2) is 4.39 Å². The Labute approximate surface area is 149 Å². The maximum atomic E-state index is 14.7. The number of aromatic nitrogens is 1. The highest BCUT2D eigenvalue weighted by Gasteiger charge is 2.31. The van der Waals surface area contributed by atoms with Gasteiger partial charge in [0.2, 0.25) is 0 Å². The molecule has 3 nitrogen and oxygen atoms in total. The van der Waals surface area contributed by atoms with E-state index in [9.17, 15) is 9.18 Å². The number of hydrogen-bond acceptors (Lipinski definition) is 2. The third kappa shape index (κ3) is 2.75. The van der Waals surface area contributed by atoms with E-state index in [1.54, 1.807) is 11.1 Å². The Morgan fingerprint density at radius 1 is 1.29 bits per heavy atom. The van der Waals surface area contributed by atoms with Gasteiger partial charge in [-0.1, -0.05) is 34.8 Å². The summed E-state index contributed by atoms with van der Waals surface area (Å²) in [5.74, 6) is 0.0542. The average molecular weight is 389 g/mol. The number of pyridine rings is 1. The molecular weight excluding hydrogens is 371 g/mol. The number of benzene rings is 1. The van der Waals surface area contributed by atoms with E-state index in [0.717, 1.165) is 28.4 Å². The minimum absolute atomic E-state index is 0.106. The van der Waals surface area contributed by atoms with Gasteiger partial charge in [0.15, 0.2) is 0 Å². The number of amides is 1. The Morgan fingerprint density at radius 2 is 2.08 bits per heavy atom. The largest absolute Gasteiger partial charge is 0.328 e. The molecule has 2 aliphatic rings. The predicted octanol–water partition coefficient (Wildman–Crippen LogP) is 4.80. The van der Waals surface area contributed by atoms with E-state index < -0.39 is 0 Å². The molecule has 0 unspecified atom stereocenters. The first-order chi connectivity index (χ1) is 11.6. The molecule has 5 heteroatoms. The lowest BCUT2D eigenvalue weighted by molar-refractivity contribution is 0.0760. The van der Waals surface area contributed by atoms with E-state index in [1.165, 1.54) is 18.9 Å². The van der Waals surface area contributed by atoms with Gasteiger partial charge in [-0.3, -0.25) is 9.78 Å². The van der Waals surface area contributed by atoms with Crippen molar-refractivity contribution in [2.45, 2.75) is 44.7 Å². The van der Waals surface area contributed by atoms with E-state index in [1.807, 2.05) is 18.2 Å². The molecule has 1 saturated carbocycles. The average Bonchev–Trinajstić information content (AvgIpc) is 3.19. The number of carbonyl (C=O) groups excluding carboxylic acids is 1. The summed E-state index contributed by atoms with van der Waals surface area (Å²) in [4.78, 5) is 18.4. The van der Waals surface area contributed by atoms with Crippen LogP contribution in [0.3, 0.4) is 0 Å². The summed E-state index contributed by atoms with van der Waals surface area (Å²) >= 11 is 3.41. The van der Waals surface area contributed by atoms with Crippen molar-refractivity contribution >= 4 is 21.8 Å². The number of hydrogen-bond donors (Lipinski definition) is 0. The third-order valence-electron chi connectivity index (χ3n) is 5.08. The van der Waals surface area contributed by atoms with E-state index in [0.29, 0.717) is 30.3 Å². The van der Waals surface area contributed by atoms with Crippen LogP contribution in [0.2, 0.25) is 0 Å². The van der Waals surface area contributed by atoms with Crippen molar-refractivity contribution in [3.63, 3.8) is 0 Å². The molecule has 4 rings (SSSR count). The van der Waals surface area contributed by atoms with Crippen LogP contribution >= 0.6 is 15.9 Å². The van der Waals surface area contributed by atoms with Crippen LogP contribution in [0.15, 0.2) is 34.9 Å². The van der Waals surface area contributed by atoms with Gasteiger partial charge < -0.3 is 4.90 Å². The third-order valence-corrected chi connectivity index (χ3v) is 5.54. The molecule has 24 heavy (non-hydrogen) atoms. The molecule has 1 fully saturated rings. The zero-order chi connectivity index (χ0) is 16.7. The smallest absolute Gasteiger partial charge is 0.273 e. The molecule has 1 aromatic carbocycles. The van der Waals surface area contributed by atoms with Crippen molar-refractivity contribution in [3.8, 4) is 0 Å². The van der Waals surface area contributed by atoms with Crippen LogP contribution in [0, 0.1) is 5.82 Å². The Balaban J connectivity index is 1.67. The lowest BCUT2D eigenvalue weighted by Gasteiger charge is -2.22. The summed E-state index contributed by atoms with van der Waals surface area (Å²) in [5, 5.41) is 0. The van der Waals surface area contributed by atoms with Crippen LogP contribution in [-0.2, 0) is 13.1 Å². The molecule has 0 spiro atoms. The van der Waals surface area contributed by atoms with Crippen LogP contribution < -0.4 is 0 Å². The lowest BCUT2D eigenvalue weighted by atomic mass is 9.92. The molecule has 2 heterocycles. The number of nitrogens with zero attached hydrogens (tertiary/aromatic N) is 2. The predicted molar refractivity (Wildman–Crippen MR) is 93.1 cm³/mol. The maximum absolute atomic E-state index is 14.7. The van der Waals surface area contributed by atoms with Gasteiger partial charge >= 0.3 is 0 Å². The monoisotopic (exact) mass is 388 g/mol. The summed E-state index contributed by atoms with van der Waals surface area (Å²) in [6, 6.07) is 7.27. The highest BCUT2D eigenvalue weighted by Crippen LogP contribution is 2.39. The van der Waals surface area contributed by atoms with E-state index in [4.69, 9.17) is 0 Å². The van der Waals surface area contributed by atoms with Gasteiger partial charge in [0.05, 0.1) is 0 Å². The first kappa shape index (κ1) is 15.8. The summed E-state index contributed by atoms with van der Waals surface area (Å²) in [5.41, 5.74) is 3.13. The highest BCUT2D eigenvalue weighted by atomic mass is 79.9. The summed E-state index contributed by atoms with van der Waals surface area (Å²) in [6.45, 7) is 0.807. The van der Waals surface area contributed by atoms with Crippen molar-refractivity contribution in [1.82, 2.24) is 9.88 Å². The molecule has 1 aliphatic heterocycles. The van der Waals surface area contributed by atoms with Gasteiger partial charge in [0.1, 0.15) is 11.5 Å². The van der Waals surface area contributed by atoms with Gasteiger partial charge in [0, 0.05) is 34.9 Å². The molecule has 1 aromatic heterocycles. The second-order valence-corrected chi connectivity index (χ2v) is 7.52. The van der Waals surface area contributed by atoms with Gasteiger partial charge in [0.25, 0.3) is 5.91 Å². The molecule has 0 saturated heterocycles. The van der Waals surface area contributed by atoms with Crippen molar-refractivity contribution in [2.24, 2.45) is 0 Å². The fraction of sp³-hybridized carbons (Fsp3) is 0.368.